The van der Waals surface area contributed by atoms with E-state index in [0.717, 1.165) is 30.4 Å². The van der Waals surface area contributed by atoms with Crippen LogP contribution in [0.1, 0.15) is 36.8 Å². The number of anilines is 1. The number of carbonyl (C=O) groups excluding carboxylic acids is 1. The summed E-state index contributed by atoms with van der Waals surface area (Å²) in [6.45, 7) is 0.330. The van der Waals surface area contributed by atoms with Crippen LogP contribution in [0.15, 0.2) is 59.7 Å². The second kappa shape index (κ2) is 6.56. The summed E-state index contributed by atoms with van der Waals surface area (Å²) in [5.74, 6) is -0.110. The highest BCUT2D eigenvalue weighted by Gasteiger charge is 2.46. The molecule has 1 aliphatic heterocycles. The maximum atomic E-state index is 12.8. The van der Waals surface area contributed by atoms with Gasteiger partial charge in [-0.3, -0.25) is 4.79 Å². The van der Waals surface area contributed by atoms with E-state index in [1.807, 2.05) is 6.08 Å². The van der Waals surface area contributed by atoms with Crippen molar-refractivity contribution in [2.24, 2.45) is 0 Å². The molecule has 0 unspecified atom stereocenters. The molecule has 134 valence electrons. The number of amides is 1. The monoisotopic (exact) mass is 354 g/mol. The van der Waals surface area contributed by atoms with Crippen molar-refractivity contribution in [2.75, 3.05) is 11.9 Å². The van der Waals surface area contributed by atoms with E-state index in [-0.39, 0.29) is 17.0 Å². The molecular formula is C21H20F2N2O. The Labute approximate surface area is 151 Å². The molecule has 26 heavy (non-hydrogen) atoms. The van der Waals surface area contributed by atoms with Gasteiger partial charge < -0.3 is 10.6 Å². The molecule has 1 amide bonds. The van der Waals surface area contributed by atoms with Crippen LogP contribution in [0.25, 0.3) is 6.08 Å². The van der Waals surface area contributed by atoms with Crippen LogP contribution < -0.4 is 10.6 Å². The van der Waals surface area contributed by atoms with E-state index in [0.29, 0.717) is 17.8 Å². The lowest BCUT2D eigenvalue weighted by molar-refractivity contribution is -0.118. The molecule has 3 nitrogen and oxygen atoms in total. The Kier molecular flexibility index (Phi) is 4.23. The molecule has 1 heterocycles. The number of benzene rings is 1. The summed E-state index contributed by atoms with van der Waals surface area (Å²) in [7, 11) is 0. The minimum Gasteiger partial charge on any atom is -0.380 e. The first-order chi connectivity index (χ1) is 12.6. The fraction of sp³-hybridized carbons (Fsp3) is 0.286. The smallest absolute Gasteiger partial charge is 0.263 e. The second-order valence-corrected chi connectivity index (χ2v) is 6.89. The number of rotatable bonds is 4. The molecule has 2 N–H and O–H groups in total. The Balaban J connectivity index is 1.52. The maximum absolute atomic E-state index is 12.8. The van der Waals surface area contributed by atoms with E-state index in [1.165, 1.54) is 12.1 Å². The number of alkyl halides is 2. The molecular weight excluding hydrogens is 334 g/mol. The predicted molar refractivity (Wildman–Crippen MR) is 99.0 cm³/mol. The van der Waals surface area contributed by atoms with Gasteiger partial charge in [0.05, 0.1) is 5.54 Å². The standard InChI is InChI=1S/C21H20F2N2O/c22-19(23)15-8-7-14-11-16(13-24-18(14)12-15)20(26)25-21(9-10-21)17-5-3-1-2-4-6-17/h1,3-8,11-12,19,24H,2,9-10,13H2,(H,25,26). The van der Waals surface area contributed by atoms with Crippen molar-refractivity contribution in [1.29, 1.82) is 0 Å². The van der Waals surface area contributed by atoms with Crippen LogP contribution in [-0.2, 0) is 4.79 Å². The third kappa shape index (κ3) is 3.21. The van der Waals surface area contributed by atoms with Crippen LogP contribution in [-0.4, -0.2) is 18.0 Å². The molecule has 1 aromatic rings. The Morgan fingerprint density at radius 2 is 2.08 bits per heavy atom. The van der Waals surface area contributed by atoms with E-state index in [4.69, 9.17) is 0 Å². The fourth-order valence-electron chi connectivity index (χ4n) is 3.37. The molecule has 0 bridgehead atoms. The fourth-order valence-corrected chi connectivity index (χ4v) is 3.37. The van der Waals surface area contributed by atoms with Gasteiger partial charge >= 0.3 is 0 Å². The number of allylic oxidation sites excluding steroid dienone is 4. The SMILES string of the molecule is O=C(NC1(C2=CC=CCC=C2)CC1)C1=Cc2ccc(C(F)F)cc2NC1. The highest BCUT2D eigenvalue weighted by molar-refractivity contribution is 6.01. The molecule has 3 aliphatic rings. The number of hydrogen-bond donors (Lipinski definition) is 2. The highest BCUT2D eigenvalue weighted by atomic mass is 19.3. The first-order valence-electron chi connectivity index (χ1n) is 8.80. The minimum absolute atomic E-state index is 0.0189. The number of hydrogen-bond acceptors (Lipinski definition) is 2. The van der Waals surface area contributed by atoms with Gasteiger partial charge in [0.25, 0.3) is 6.43 Å². The molecule has 1 aromatic carbocycles. The van der Waals surface area contributed by atoms with Crippen LogP contribution in [0, 0.1) is 0 Å². The highest BCUT2D eigenvalue weighted by Crippen LogP contribution is 2.43. The Morgan fingerprint density at radius 1 is 1.23 bits per heavy atom. The molecule has 2 aliphatic carbocycles. The topological polar surface area (TPSA) is 41.1 Å². The Bertz CT molecular complexity index is 861. The number of carbonyl (C=O) groups is 1. The van der Waals surface area contributed by atoms with Crippen LogP contribution in [0.5, 0.6) is 0 Å². The number of halogens is 2. The lowest BCUT2D eigenvalue weighted by Crippen LogP contribution is -2.40. The summed E-state index contributed by atoms with van der Waals surface area (Å²) >= 11 is 0. The van der Waals surface area contributed by atoms with Crippen molar-refractivity contribution in [3.8, 4) is 0 Å². The van der Waals surface area contributed by atoms with Gasteiger partial charge in [-0.1, -0.05) is 42.5 Å². The van der Waals surface area contributed by atoms with E-state index in [2.05, 4.69) is 34.9 Å². The van der Waals surface area contributed by atoms with Crippen molar-refractivity contribution in [1.82, 2.24) is 5.32 Å². The summed E-state index contributed by atoms with van der Waals surface area (Å²) in [6, 6.07) is 4.48. The number of nitrogens with one attached hydrogen (secondary N) is 2. The first-order valence-corrected chi connectivity index (χ1v) is 8.80. The van der Waals surface area contributed by atoms with Crippen molar-refractivity contribution in [2.45, 2.75) is 31.2 Å². The molecule has 4 rings (SSSR count). The maximum Gasteiger partial charge on any atom is 0.263 e. The lowest BCUT2D eigenvalue weighted by atomic mass is 10.00. The van der Waals surface area contributed by atoms with E-state index in [1.54, 1.807) is 12.1 Å². The molecule has 0 aromatic heterocycles. The lowest BCUT2D eigenvalue weighted by Gasteiger charge is -2.23. The van der Waals surface area contributed by atoms with Crippen molar-refractivity contribution in [3.05, 3.63) is 70.9 Å². The van der Waals surface area contributed by atoms with E-state index >= 15 is 0 Å². The van der Waals surface area contributed by atoms with Gasteiger partial charge in [0.2, 0.25) is 5.91 Å². The first kappa shape index (κ1) is 16.8. The van der Waals surface area contributed by atoms with Crippen LogP contribution in [0.2, 0.25) is 0 Å². The predicted octanol–water partition coefficient (Wildman–Crippen LogP) is 4.52. The van der Waals surface area contributed by atoms with Crippen molar-refractivity contribution < 1.29 is 13.6 Å². The van der Waals surface area contributed by atoms with Gasteiger partial charge in [0.1, 0.15) is 0 Å². The zero-order chi connectivity index (χ0) is 18.1. The molecule has 1 fully saturated rings. The van der Waals surface area contributed by atoms with Crippen molar-refractivity contribution in [3.63, 3.8) is 0 Å². The van der Waals surface area contributed by atoms with Crippen LogP contribution in [0.3, 0.4) is 0 Å². The summed E-state index contributed by atoms with van der Waals surface area (Å²) in [4.78, 5) is 12.8. The average Bonchev–Trinajstić information content (AvgIpc) is 3.44. The minimum atomic E-state index is -2.50. The second-order valence-electron chi connectivity index (χ2n) is 6.89. The molecule has 0 saturated heterocycles. The van der Waals surface area contributed by atoms with Crippen molar-refractivity contribution >= 4 is 17.7 Å². The van der Waals surface area contributed by atoms with Gasteiger partial charge in [-0.25, -0.2) is 8.78 Å². The third-order valence-electron chi connectivity index (χ3n) is 5.06. The molecule has 0 spiro atoms. The van der Waals surface area contributed by atoms with Gasteiger partial charge in [-0.05, 0) is 42.5 Å². The summed E-state index contributed by atoms with van der Waals surface area (Å²) < 4.78 is 25.6. The van der Waals surface area contributed by atoms with Gasteiger partial charge in [-0.2, -0.15) is 0 Å². The number of fused-ring (bicyclic) bond motifs is 1. The largest absolute Gasteiger partial charge is 0.380 e. The third-order valence-corrected chi connectivity index (χ3v) is 5.06. The Hall–Kier alpha value is -2.69. The van der Waals surface area contributed by atoms with Gasteiger partial charge in [0, 0.05) is 23.4 Å². The van der Waals surface area contributed by atoms with Gasteiger partial charge in [-0.15, -0.1) is 0 Å². The average molecular weight is 354 g/mol. The molecule has 1 saturated carbocycles. The Morgan fingerprint density at radius 3 is 2.85 bits per heavy atom. The van der Waals surface area contributed by atoms with E-state index in [9.17, 15) is 13.6 Å². The molecule has 5 heteroatoms. The molecule has 0 atom stereocenters. The zero-order valence-electron chi connectivity index (χ0n) is 14.3. The van der Waals surface area contributed by atoms with E-state index < -0.39 is 6.43 Å². The van der Waals surface area contributed by atoms with Gasteiger partial charge in [0.15, 0.2) is 0 Å². The summed E-state index contributed by atoms with van der Waals surface area (Å²) in [5.41, 5.74) is 2.85. The quantitative estimate of drug-likeness (QED) is 0.834. The summed E-state index contributed by atoms with van der Waals surface area (Å²) in [6.07, 6.45) is 12.4. The zero-order valence-corrected chi connectivity index (χ0v) is 14.3. The normalized spacial score (nSPS) is 19.8. The summed E-state index contributed by atoms with van der Waals surface area (Å²) in [5, 5.41) is 6.26. The molecule has 0 radical (unpaired) electrons. The van der Waals surface area contributed by atoms with Crippen LogP contribution in [0.4, 0.5) is 14.5 Å². The van der Waals surface area contributed by atoms with Crippen LogP contribution >= 0.6 is 0 Å².